The van der Waals surface area contributed by atoms with Crippen LogP contribution in [0.1, 0.15) is 77.2 Å². The second-order valence-electron chi connectivity index (χ2n) is 7.16. The van der Waals surface area contributed by atoms with E-state index in [1.54, 1.807) is 6.92 Å². The molecule has 0 aliphatic heterocycles. The molecule has 0 saturated carbocycles. The standard InChI is InChI=1S/C25H38O4/c1-3-5-6-7-8-9-17-23(26)18-12-10-15-22-16-11-13-19-24(22)29-21-14-20-25(27)28-4-2/h10-13,15-16,18-19,23,26H,3-9,14,17,20-21H2,1-2H3/t23-/m1/s1. The number of carbonyl (C=O) groups is 1. The number of aliphatic hydroxyl groups is 1. The molecule has 0 radical (unpaired) electrons. The van der Waals surface area contributed by atoms with Crippen LogP contribution in [0, 0.1) is 0 Å². The molecule has 1 atom stereocenters. The van der Waals surface area contributed by atoms with Gasteiger partial charge in [-0.3, -0.25) is 4.79 Å². The SMILES string of the molecule is CCCCCCCC[C@@H](O)C=CC=Cc1ccccc1OCCCC(=O)OCC. The fourth-order valence-corrected chi connectivity index (χ4v) is 2.96. The summed E-state index contributed by atoms with van der Waals surface area (Å²) in [6.07, 6.45) is 16.4. The van der Waals surface area contributed by atoms with E-state index in [1.165, 1.54) is 32.1 Å². The molecule has 1 aromatic rings. The van der Waals surface area contributed by atoms with Gasteiger partial charge in [0, 0.05) is 12.0 Å². The Kier molecular flexibility index (Phi) is 14.5. The maximum absolute atomic E-state index is 11.4. The molecule has 1 N–H and O–H groups in total. The molecular weight excluding hydrogens is 364 g/mol. The lowest BCUT2D eigenvalue weighted by Crippen LogP contribution is -2.07. The number of ether oxygens (including phenoxy) is 2. The van der Waals surface area contributed by atoms with Crippen LogP contribution >= 0.6 is 0 Å². The number of unbranched alkanes of at least 4 members (excludes halogenated alkanes) is 5. The van der Waals surface area contributed by atoms with Crippen molar-refractivity contribution < 1.29 is 19.4 Å². The van der Waals surface area contributed by atoms with Gasteiger partial charge in [0.05, 0.1) is 19.3 Å². The molecule has 29 heavy (non-hydrogen) atoms. The summed E-state index contributed by atoms with van der Waals surface area (Å²) < 4.78 is 10.7. The maximum atomic E-state index is 11.4. The first-order valence-electron chi connectivity index (χ1n) is 11.1. The molecule has 4 nitrogen and oxygen atoms in total. The van der Waals surface area contributed by atoms with Crippen molar-refractivity contribution in [3.05, 3.63) is 48.1 Å². The summed E-state index contributed by atoms with van der Waals surface area (Å²) in [4.78, 5) is 11.4. The second-order valence-corrected chi connectivity index (χ2v) is 7.16. The molecular formula is C25H38O4. The van der Waals surface area contributed by atoms with Crippen LogP contribution in [0.25, 0.3) is 6.08 Å². The van der Waals surface area contributed by atoms with E-state index in [9.17, 15) is 9.90 Å². The molecule has 0 unspecified atom stereocenters. The summed E-state index contributed by atoms with van der Waals surface area (Å²) in [5.41, 5.74) is 0.971. The number of aliphatic hydroxyl groups excluding tert-OH is 1. The van der Waals surface area contributed by atoms with Gasteiger partial charge in [0.15, 0.2) is 0 Å². The highest BCUT2D eigenvalue weighted by Crippen LogP contribution is 2.20. The smallest absolute Gasteiger partial charge is 0.305 e. The number of esters is 1. The molecule has 0 aliphatic rings. The van der Waals surface area contributed by atoms with Crippen LogP contribution in [-0.2, 0) is 9.53 Å². The molecule has 0 spiro atoms. The van der Waals surface area contributed by atoms with Crippen LogP contribution in [0.5, 0.6) is 5.75 Å². The second kappa shape index (κ2) is 16.8. The van der Waals surface area contributed by atoms with Crippen LogP contribution < -0.4 is 4.74 Å². The van der Waals surface area contributed by atoms with Crippen molar-refractivity contribution in [3.63, 3.8) is 0 Å². The molecule has 0 bridgehead atoms. The van der Waals surface area contributed by atoms with Crippen molar-refractivity contribution in [2.75, 3.05) is 13.2 Å². The summed E-state index contributed by atoms with van der Waals surface area (Å²) >= 11 is 0. The first-order chi connectivity index (χ1) is 14.2. The normalized spacial score (nSPS) is 12.5. The molecule has 0 saturated heterocycles. The first kappa shape index (κ1) is 25.0. The number of benzene rings is 1. The molecule has 162 valence electrons. The van der Waals surface area contributed by atoms with E-state index in [-0.39, 0.29) is 12.1 Å². The molecule has 0 aliphatic carbocycles. The van der Waals surface area contributed by atoms with Crippen molar-refractivity contribution in [3.8, 4) is 5.75 Å². The van der Waals surface area contributed by atoms with Crippen LogP contribution in [0.4, 0.5) is 0 Å². The Bertz CT molecular complexity index is 607. The Balaban J connectivity index is 2.34. The molecule has 0 aromatic heterocycles. The summed E-state index contributed by atoms with van der Waals surface area (Å²) in [7, 11) is 0. The quantitative estimate of drug-likeness (QED) is 0.206. The molecule has 0 fully saturated rings. The maximum Gasteiger partial charge on any atom is 0.305 e. The minimum Gasteiger partial charge on any atom is -0.493 e. The number of hydrogen-bond acceptors (Lipinski definition) is 4. The number of rotatable bonds is 16. The minimum absolute atomic E-state index is 0.186. The predicted octanol–water partition coefficient (Wildman–Crippen LogP) is 6.09. The Morgan fingerprint density at radius 1 is 1.03 bits per heavy atom. The molecule has 4 heteroatoms. The predicted molar refractivity (Wildman–Crippen MR) is 120 cm³/mol. The van der Waals surface area contributed by atoms with Crippen LogP contribution in [0.15, 0.2) is 42.5 Å². The van der Waals surface area contributed by atoms with Gasteiger partial charge in [-0.25, -0.2) is 0 Å². The van der Waals surface area contributed by atoms with Gasteiger partial charge in [-0.1, -0.05) is 88.0 Å². The van der Waals surface area contributed by atoms with Crippen molar-refractivity contribution >= 4 is 12.0 Å². The average Bonchev–Trinajstić information content (AvgIpc) is 2.72. The highest BCUT2D eigenvalue weighted by molar-refractivity contribution is 5.69. The van der Waals surface area contributed by atoms with Crippen LogP contribution in [0.2, 0.25) is 0 Å². The summed E-state index contributed by atoms with van der Waals surface area (Å²) in [5.74, 6) is 0.600. The number of carbonyl (C=O) groups excluding carboxylic acids is 1. The summed E-state index contributed by atoms with van der Waals surface area (Å²) in [6.45, 7) is 4.91. The van der Waals surface area contributed by atoms with Crippen molar-refractivity contribution in [2.24, 2.45) is 0 Å². The van der Waals surface area contributed by atoms with Gasteiger partial charge in [0.2, 0.25) is 0 Å². The van der Waals surface area contributed by atoms with Gasteiger partial charge in [-0.05, 0) is 25.8 Å². The van der Waals surface area contributed by atoms with Crippen LogP contribution in [-0.4, -0.2) is 30.4 Å². The van der Waals surface area contributed by atoms with Gasteiger partial charge in [0.25, 0.3) is 0 Å². The zero-order chi connectivity index (χ0) is 21.2. The van der Waals surface area contributed by atoms with Gasteiger partial charge >= 0.3 is 5.97 Å². The monoisotopic (exact) mass is 402 g/mol. The minimum atomic E-state index is -0.389. The Hall–Kier alpha value is -2.07. The van der Waals surface area contributed by atoms with E-state index in [0.717, 1.165) is 24.2 Å². The van der Waals surface area contributed by atoms with Crippen molar-refractivity contribution in [2.45, 2.75) is 77.7 Å². The lowest BCUT2D eigenvalue weighted by molar-refractivity contribution is -0.143. The number of para-hydroxylation sites is 1. The topological polar surface area (TPSA) is 55.8 Å². The van der Waals surface area contributed by atoms with Crippen LogP contribution in [0.3, 0.4) is 0 Å². The third-order valence-electron chi connectivity index (χ3n) is 4.58. The van der Waals surface area contributed by atoms with E-state index >= 15 is 0 Å². The fraction of sp³-hybridized carbons (Fsp3) is 0.560. The third kappa shape index (κ3) is 12.9. The molecule has 0 amide bonds. The molecule has 0 heterocycles. The lowest BCUT2D eigenvalue weighted by Gasteiger charge is -2.09. The van der Waals surface area contributed by atoms with E-state index in [1.807, 2.05) is 48.6 Å². The third-order valence-corrected chi connectivity index (χ3v) is 4.58. The zero-order valence-electron chi connectivity index (χ0n) is 18.1. The zero-order valence-corrected chi connectivity index (χ0v) is 18.1. The van der Waals surface area contributed by atoms with Gasteiger partial charge in [-0.15, -0.1) is 0 Å². The van der Waals surface area contributed by atoms with E-state index < -0.39 is 0 Å². The van der Waals surface area contributed by atoms with E-state index in [2.05, 4.69) is 6.92 Å². The largest absolute Gasteiger partial charge is 0.493 e. The van der Waals surface area contributed by atoms with Gasteiger partial charge in [-0.2, -0.15) is 0 Å². The van der Waals surface area contributed by atoms with E-state index in [0.29, 0.717) is 26.1 Å². The number of hydrogen-bond donors (Lipinski definition) is 1. The number of allylic oxidation sites excluding steroid dienone is 2. The van der Waals surface area contributed by atoms with Crippen molar-refractivity contribution in [1.82, 2.24) is 0 Å². The molecule has 1 rings (SSSR count). The van der Waals surface area contributed by atoms with Crippen molar-refractivity contribution in [1.29, 1.82) is 0 Å². The lowest BCUT2D eigenvalue weighted by atomic mass is 10.1. The molecule has 1 aromatic carbocycles. The summed E-state index contributed by atoms with van der Waals surface area (Å²) in [6, 6.07) is 7.79. The fourth-order valence-electron chi connectivity index (χ4n) is 2.96. The Morgan fingerprint density at radius 2 is 1.79 bits per heavy atom. The van der Waals surface area contributed by atoms with E-state index in [4.69, 9.17) is 9.47 Å². The van der Waals surface area contributed by atoms with Gasteiger partial charge in [0.1, 0.15) is 5.75 Å². The van der Waals surface area contributed by atoms with Gasteiger partial charge < -0.3 is 14.6 Å². The highest BCUT2D eigenvalue weighted by Gasteiger charge is 2.03. The Labute approximate surface area is 176 Å². The summed E-state index contributed by atoms with van der Waals surface area (Å²) in [5, 5.41) is 10.0. The highest BCUT2D eigenvalue weighted by atomic mass is 16.5. The first-order valence-corrected chi connectivity index (χ1v) is 11.1. The Morgan fingerprint density at radius 3 is 2.59 bits per heavy atom. The average molecular weight is 403 g/mol.